The van der Waals surface area contributed by atoms with Crippen LogP contribution in [0.25, 0.3) is 0 Å². The highest BCUT2D eigenvalue weighted by Gasteiger charge is 2.23. The van der Waals surface area contributed by atoms with Crippen LogP contribution in [-0.4, -0.2) is 34.6 Å². The molecule has 2 atom stereocenters. The maximum atomic E-state index is 5.53. The summed E-state index contributed by atoms with van der Waals surface area (Å²) < 4.78 is 5.53. The average molecular weight is 293 g/mol. The first-order chi connectivity index (χ1) is 10.2. The molecule has 1 fully saturated rings. The Balaban J connectivity index is 2.00. The molecule has 1 aliphatic carbocycles. The van der Waals surface area contributed by atoms with E-state index in [1.165, 1.54) is 19.3 Å². The summed E-state index contributed by atoms with van der Waals surface area (Å²) in [6.45, 7) is 8.72. The van der Waals surface area contributed by atoms with Crippen molar-refractivity contribution in [1.82, 2.24) is 15.0 Å². The van der Waals surface area contributed by atoms with Crippen molar-refractivity contribution in [2.45, 2.75) is 46.5 Å². The third-order valence-electron chi connectivity index (χ3n) is 3.95. The number of hydrogen-bond donors (Lipinski definition) is 2. The second kappa shape index (κ2) is 8.00. The zero-order chi connectivity index (χ0) is 15.1. The molecule has 0 spiro atoms. The number of hydrogen-bond acceptors (Lipinski definition) is 6. The topological polar surface area (TPSA) is 72.0 Å². The summed E-state index contributed by atoms with van der Waals surface area (Å²) in [6.07, 6.45) is 4.89. The molecule has 0 radical (unpaired) electrons. The molecule has 2 rings (SSSR count). The lowest BCUT2D eigenvalue weighted by Gasteiger charge is -2.16. The quantitative estimate of drug-likeness (QED) is 0.768. The molecule has 118 valence electrons. The zero-order valence-corrected chi connectivity index (χ0v) is 13.4. The molecule has 1 aromatic rings. The fourth-order valence-electron chi connectivity index (χ4n) is 2.68. The van der Waals surface area contributed by atoms with E-state index in [2.05, 4.69) is 39.4 Å². The summed E-state index contributed by atoms with van der Waals surface area (Å²) in [4.78, 5) is 13.0. The molecule has 1 aliphatic rings. The van der Waals surface area contributed by atoms with Gasteiger partial charge < -0.3 is 15.4 Å². The van der Waals surface area contributed by atoms with Gasteiger partial charge >= 0.3 is 6.01 Å². The van der Waals surface area contributed by atoms with E-state index in [0.29, 0.717) is 30.4 Å². The highest BCUT2D eigenvalue weighted by atomic mass is 16.5. The van der Waals surface area contributed by atoms with Crippen LogP contribution in [0.15, 0.2) is 0 Å². The lowest BCUT2D eigenvalue weighted by Crippen LogP contribution is -2.19. The van der Waals surface area contributed by atoms with Crippen molar-refractivity contribution >= 4 is 11.9 Å². The van der Waals surface area contributed by atoms with Crippen LogP contribution in [0.1, 0.15) is 46.5 Å². The summed E-state index contributed by atoms with van der Waals surface area (Å²) in [5.41, 5.74) is 0. The van der Waals surface area contributed by atoms with Gasteiger partial charge in [0.05, 0.1) is 6.61 Å². The molecule has 0 saturated heterocycles. The second-order valence-corrected chi connectivity index (χ2v) is 5.69. The van der Waals surface area contributed by atoms with E-state index in [1.807, 2.05) is 6.92 Å². The van der Waals surface area contributed by atoms with Crippen molar-refractivity contribution in [2.24, 2.45) is 11.8 Å². The molecule has 6 nitrogen and oxygen atoms in total. The van der Waals surface area contributed by atoms with Crippen LogP contribution in [0.3, 0.4) is 0 Å². The molecular weight excluding hydrogens is 266 g/mol. The van der Waals surface area contributed by atoms with Gasteiger partial charge in [-0.1, -0.05) is 26.7 Å². The van der Waals surface area contributed by atoms with Gasteiger partial charge in [-0.15, -0.1) is 0 Å². The van der Waals surface area contributed by atoms with Crippen LogP contribution in [0.4, 0.5) is 11.9 Å². The summed E-state index contributed by atoms with van der Waals surface area (Å²) in [5, 5.41) is 6.47. The van der Waals surface area contributed by atoms with Crippen molar-refractivity contribution in [3.05, 3.63) is 0 Å². The van der Waals surface area contributed by atoms with Gasteiger partial charge in [0.2, 0.25) is 11.9 Å². The Hall–Kier alpha value is -1.59. The zero-order valence-electron chi connectivity index (χ0n) is 13.4. The van der Waals surface area contributed by atoms with Gasteiger partial charge in [0.15, 0.2) is 0 Å². The van der Waals surface area contributed by atoms with Crippen molar-refractivity contribution in [3.63, 3.8) is 0 Å². The van der Waals surface area contributed by atoms with E-state index >= 15 is 0 Å². The van der Waals surface area contributed by atoms with Gasteiger partial charge in [-0.05, 0) is 31.6 Å². The SMILES string of the molecule is CCCOc1nc(NCC)nc(NCC2CCCC2C)n1. The van der Waals surface area contributed by atoms with Crippen LogP contribution in [0, 0.1) is 11.8 Å². The molecule has 6 heteroatoms. The summed E-state index contributed by atoms with van der Waals surface area (Å²) in [5.74, 6) is 2.67. The predicted molar refractivity (Wildman–Crippen MR) is 84.8 cm³/mol. The lowest BCUT2D eigenvalue weighted by atomic mass is 9.98. The van der Waals surface area contributed by atoms with E-state index in [-0.39, 0.29) is 0 Å². The Morgan fingerprint density at radius 1 is 1.10 bits per heavy atom. The van der Waals surface area contributed by atoms with E-state index in [1.54, 1.807) is 0 Å². The Bertz CT molecular complexity index is 440. The van der Waals surface area contributed by atoms with E-state index < -0.39 is 0 Å². The number of ether oxygens (including phenoxy) is 1. The Morgan fingerprint density at radius 2 is 1.86 bits per heavy atom. The first-order valence-electron chi connectivity index (χ1n) is 8.09. The minimum absolute atomic E-state index is 0.393. The number of anilines is 2. The Kier molecular flexibility index (Phi) is 6.02. The highest BCUT2D eigenvalue weighted by Crippen LogP contribution is 2.31. The second-order valence-electron chi connectivity index (χ2n) is 5.69. The third kappa shape index (κ3) is 4.72. The number of nitrogens with zero attached hydrogens (tertiary/aromatic N) is 3. The van der Waals surface area contributed by atoms with Crippen molar-refractivity contribution < 1.29 is 4.74 Å². The van der Waals surface area contributed by atoms with Gasteiger partial charge in [-0.3, -0.25) is 0 Å². The van der Waals surface area contributed by atoms with Crippen LogP contribution in [0.5, 0.6) is 6.01 Å². The Labute approximate surface area is 127 Å². The van der Waals surface area contributed by atoms with Crippen molar-refractivity contribution in [2.75, 3.05) is 30.3 Å². The van der Waals surface area contributed by atoms with Gasteiger partial charge in [0.25, 0.3) is 0 Å². The molecular formula is C15H27N5O. The highest BCUT2D eigenvalue weighted by molar-refractivity contribution is 5.35. The maximum Gasteiger partial charge on any atom is 0.323 e. The summed E-state index contributed by atoms with van der Waals surface area (Å²) >= 11 is 0. The number of aromatic nitrogens is 3. The Morgan fingerprint density at radius 3 is 2.48 bits per heavy atom. The first-order valence-corrected chi connectivity index (χ1v) is 8.09. The van der Waals surface area contributed by atoms with E-state index in [4.69, 9.17) is 4.74 Å². The molecule has 0 bridgehead atoms. The standard InChI is InChI=1S/C15H27N5O/c1-4-9-21-15-19-13(16-5-2)18-14(20-15)17-10-12-8-6-7-11(12)3/h11-12H,4-10H2,1-3H3,(H2,16,17,18,19,20). The van der Waals surface area contributed by atoms with Gasteiger partial charge in [-0.25, -0.2) is 0 Å². The summed E-state index contributed by atoms with van der Waals surface area (Å²) in [7, 11) is 0. The van der Waals surface area contributed by atoms with Crippen molar-refractivity contribution in [3.8, 4) is 6.01 Å². The predicted octanol–water partition coefficient (Wildman–Crippen LogP) is 2.94. The number of nitrogens with one attached hydrogen (secondary N) is 2. The van der Waals surface area contributed by atoms with Crippen LogP contribution in [-0.2, 0) is 0 Å². The monoisotopic (exact) mass is 293 g/mol. The smallest absolute Gasteiger partial charge is 0.323 e. The summed E-state index contributed by atoms with van der Waals surface area (Å²) in [6, 6.07) is 0.393. The fraction of sp³-hybridized carbons (Fsp3) is 0.800. The minimum Gasteiger partial charge on any atom is -0.463 e. The lowest BCUT2D eigenvalue weighted by molar-refractivity contribution is 0.292. The third-order valence-corrected chi connectivity index (χ3v) is 3.95. The van der Waals surface area contributed by atoms with Gasteiger partial charge in [0, 0.05) is 13.1 Å². The van der Waals surface area contributed by atoms with E-state index in [0.717, 1.165) is 25.4 Å². The number of rotatable bonds is 8. The molecule has 2 unspecified atom stereocenters. The largest absolute Gasteiger partial charge is 0.463 e. The average Bonchev–Trinajstić information content (AvgIpc) is 2.88. The molecule has 0 amide bonds. The molecule has 1 aromatic heterocycles. The molecule has 0 aliphatic heterocycles. The van der Waals surface area contributed by atoms with Crippen LogP contribution >= 0.6 is 0 Å². The fourth-order valence-corrected chi connectivity index (χ4v) is 2.68. The minimum atomic E-state index is 0.393. The van der Waals surface area contributed by atoms with Gasteiger partial charge in [-0.2, -0.15) is 15.0 Å². The van der Waals surface area contributed by atoms with Crippen molar-refractivity contribution in [1.29, 1.82) is 0 Å². The maximum absolute atomic E-state index is 5.53. The molecule has 1 heterocycles. The molecule has 21 heavy (non-hydrogen) atoms. The van der Waals surface area contributed by atoms with E-state index in [9.17, 15) is 0 Å². The molecule has 1 saturated carbocycles. The van der Waals surface area contributed by atoms with Gasteiger partial charge in [0.1, 0.15) is 0 Å². The van der Waals surface area contributed by atoms with Crippen LogP contribution < -0.4 is 15.4 Å². The van der Waals surface area contributed by atoms with Crippen LogP contribution in [0.2, 0.25) is 0 Å². The molecule has 0 aromatic carbocycles. The first kappa shape index (κ1) is 15.8. The molecule has 2 N–H and O–H groups in total. The normalized spacial score (nSPS) is 21.3.